The maximum atomic E-state index is 11.9. The maximum absolute atomic E-state index is 11.9. The van der Waals surface area contributed by atoms with Gasteiger partial charge in [-0.3, -0.25) is 0 Å². The van der Waals surface area contributed by atoms with Gasteiger partial charge in [0.2, 0.25) is 6.10 Å². The topological polar surface area (TPSA) is 89.6 Å². The number of carboxylic acids is 1. The first-order valence-electron chi connectivity index (χ1n) is 4.96. The zero-order chi connectivity index (χ0) is 13.6. The Bertz CT molecular complexity index is 280. The lowest BCUT2D eigenvalue weighted by Gasteiger charge is -2.20. The fraction of sp³-hybridized carbons (Fsp3) is 0.778. The van der Waals surface area contributed by atoms with Crippen LogP contribution in [0.5, 0.6) is 0 Å². The van der Waals surface area contributed by atoms with E-state index in [0.717, 1.165) is 0 Å². The van der Waals surface area contributed by atoms with Crippen LogP contribution in [0.2, 0.25) is 0 Å². The molecule has 0 amide bonds. The van der Waals surface area contributed by atoms with Crippen molar-refractivity contribution in [1.82, 2.24) is 0 Å². The summed E-state index contributed by atoms with van der Waals surface area (Å²) in [6, 6.07) is -1.15. The van der Waals surface area contributed by atoms with E-state index in [1.165, 1.54) is 0 Å². The summed E-state index contributed by atoms with van der Waals surface area (Å²) in [5.41, 5.74) is 5.37. The van der Waals surface area contributed by atoms with Gasteiger partial charge < -0.3 is 15.6 Å². The number of esters is 1. The highest BCUT2D eigenvalue weighted by atomic mass is 19.4. The molecule has 0 unspecified atom stereocenters. The van der Waals surface area contributed by atoms with Gasteiger partial charge in [0.15, 0.2) is 0 Å². The van der Waals surface area contributed by atoms with Crippen LogP contribution < -0.4 is 5.73 Å². The van der Waals surface area contributed by atoms with Crippen molar-refractivity contribution >= 4 is 11.9 Å². The number of hydrogen-bond donors (Lipinski definition) is 2. The molecule has 100 valence electrons. The molecule has 0 aromatic rings. The zero-order valence-electron chi connectivity index (χ0n) is 9.16. The monoisotopic (exact) mass is 257 g/mol. The van der Waals surface area contributed by atoms with E-state index in [1.54, 1.807) is 0 Å². The van der Waals surface area contributed by atoms with E-state index >= 15 is 0 Å². The highest BCUT2D eigenvalue weighted by Gasteiger charge is 2.44. The zero-order valence-corrected chi connectivity index (χ0v) is 9.16. The van der Waals surface area contributed by atoms with Crippen molar-refractivity contribution in [3.05, 3.63) is 0 Å². The van der Waals surface area contributed by atoms with Gasteiger partial charge in [0.05, 0.1) is 6.04 Å². The summed E-state index contributed by atoms with van der Waals surface area (Å²) in [5.74, 6) is -4.23. The second-order valence-corrected chi connectivity index (χ2v) is 3.47. The van der Waals surface area contributed by atoms with Crippen molar-refractivity contribution < 1.29 is 32.6 Å². The van der Waals surface area contributed by atoms with Gasteiger partial charge in [-0.1, -0.05) is 19.8 Å². The van der Waals surface area contributed by atoms with Crippen LogP contribution in [0.4, 0.5) is 13.2 Å². The lowest BCUT2D eigenvalue weighted by atomic mass is 10.1. The van der Waals surface area contributed by atoms with E-state index in [4.69, 9.17) is 10.8 Å². The first-order chi connectivity index (χ1) is 7.70. The molecule has 0 rings (SSSR count). The third-order valence-corrected chi connectivity index (χ3v) is 1.99. The number of unbranched alkanes of at least 4 members (excludes halogenated alkanes) is 1. The predicted molar refractivity (Wildman–Crippen MR) is 51.1 cm³/mol. The van der Waals surface area contributed by atoms with Crippen molar-refractivity contribution in [3.8, 4) is 0 Å². The van der Waals surface area contributed by atoms with E-state index in [-0.39, 0.29) is 6.42 Å². The third kappa shape index (κ3) is 5.53. The molecule has 0 saturated heterocycles. The average Bonchev–Trinajstić information content (AvgIpc) is 2.20. The summed E-state index contributed by atoms with van der Waals surface area (Å²) in [6.45, 7) is 1.81. The fourth-order valence-corrected chi connectivity index (χ4v) is 1.09. The Morgan fingerprint density at radius 1 is 1.41 bits per heavy atom. The van der Waals surface area contributed by atoms with Crippen LogP contribution in [0.1, 0.15) is 26.2 Å². The molecule has 0 aliphatic rings. The quantitative estimate of drug-likeness (QED) is 0.694. The normalized spacial score (nSPS) is 15.1. The predicted octanol–water partition coefficient (Wildman–Crippen LogP) is 1.06. The molecule has 0 saturated carbocycles. The van der Waals surface area contributed by atoms with E-state index in [0.29, 0.717) is 12.8 Å². The summed E-state index contributed by atoms with van der Waals surface area (Å²) in [5, 5.41) is 8.63. The number of nitrogens with two attached hydrogens (primary N) is 1. The van der Waals surface area contributed by atoms with Crippen LogP contribution >= 0.6 is 0 Å². The summed E-state index contributed by atoms with van der Waals surface area (Å²) < 4.78 is 39.5. The van der Waals surface area contributed by atoms with E-state index in [1.807, 2.05) is 6.92 Å². The third-order valence-electron chi connectivity index (χ3n) is 1.99. The van der Waals surface area contributed by atoms with Crippen LogP contribution in [0.3, 0.4) is 0 Å². The van der Waals surface area contributed by atoms with Gasteiger partial charge in [0.25, 0.3) is 0 Å². The molecule has 0 spiro atoms. The minimum Gasteiger partial charge on any atom is -0.478 e. The number of alkyl halides is 3. The molecule has 0 aromatic carbocycles. The number of aliphatic carboxylic acids is 1. The number of hydrogen-bond acceptors (Lipinski definition) is 4. The van der Waals surface area contributed by atoms with Crippen LogP contribution in [0, 0.1) is 0 Å². The Hall–Kier alpha value is -1.31. The number of rotatable bonds is 6. The van der Waals surface area contributed by atoms with Crippen molar-refractivity contribution in [3.63, 3.8) is 0 Å². The molecule has 0 aliphatic heterocycles. The Morgan fingerprint density at radius 2 is 1.94 bits per heavy atom. The molecule has 3 N–H and O–H groups in total. The highest BCUT2D eigenvalue weighted by molar-refractivity contribution is 5.81. The van der Waals surface area contributed by atoms with Crippen LogP contribution in [0.15, 0.2) is 0 Å². The number of ether oxygens (including phenoxy) is 1. The van der Waals surface area contributed by atoms with Crippen molar-refractivity contribution in [1.29, 1.82) is 0 Å². The van der Waals surface area contributed by atoms with Crippen molar-refractivity contribution in [2.75, 3.05) is 0 Å². The van der Waals surface area contributed by atoms with Gasteiger partial charge in [-0.05, 0) is 6.42 Å². The standard InChI is InChI=1S/C9H14F3NO4/c1-2-3-4-5(13)6(7(14)15)17-8(16)9(10,11)12/h5-6H,2-4,13H2,1H3,(H,14,15)/t5-,6-/m0/s1. The van der Waals surface area contributed by atoms with E-state index in [9.17, 15) is 22.8 Å². The second kappa shape index (κ2) is 6.43. The van der Waals surface area contributed by atoms with Gasteiger partial charge in [-0.15, -0.1) is 0 Å². The smallest absolute Gasteiger partial charge is 0.478 e. The molecule has 0 heterocycles. The molecule has 2 atom stereocenters. The van der Waals surface area contributed by atoms with Crippen LogP contribution in [-0.2, 0) is 14.3 Å². The van der Waals surface area contributed by atoms with Gasteiger partial charge in [-0.25, -0.2) is 9.59 Å². The first kappa shape index (κ1) is 15.7. The van der Waals surface area contributed by atoms with Gasteiger partial charge >= 0.3 is 18.1 Å². The molecule has 5 nitrogen and oxygen atoms in total. The molecule has 17 heavy (non-hydrogen) atoms. The summed E-state index contributed by atoms with van der Waals surface area (Å²) >= 11 is 0. The largest absolute Gasteiger partial charge is 0.490 e. The minimum absolute atomic E-state index is 0.165. The summed E-state index contributed by atoms with van der Waals surface area (Å²) in [4.78, 5) is 21.1. The number of carbonyl (C=O) groups is 2. The van der Waals surface area contributed by atoms with Crippen molar-refractivity contribution in [2.45, 2.75) is 44.5 Å². The highest BCUT2D eigenvalue weighted by Crippen LogP contribution is 2.19. The Labute approximate surface area is 95.7 Å². The Balaban J connectivity index is 4.54. The Kier molecular flexibility index (Phi) is 5.94. The van der Waals surface area contributed by atoms with E-state index < -0.39 is 30.3 Å². The first-order valence-corrected chi connectivity index (χ1v) is 4.96. The second-order valence-electron chi connectivity index (χ2n) is 3.47. The molecule has 0 radical (unpaired) electrons. The molecule has 0 aromatic heterocycles. The molecule has 0 fully saturated rings. The van der Waals surface area contributed by atoms with Crippen LogP contribution in [0.25, 0.3) is 0 Å². The van der Waals surface area contributed by atoms with Gasteiger partial charge in [0, 0.05) is 0 Å². The number of carboxylic acid groups (broad SMARTS) is 1. The summed E-state index contributed by atoms with van der Waals surface area (Å²) in [7, 11) is 0. The van der Waals surface area contributed by atoms with Gasteiger partial charge in [-0.2, -0.15) is 13.2 Å². The maximum Gasteiger partial charge on any atom is 0.490 e. The SMILES string of the molecule is CCCC[C@H](N)[C@H](OC(=O)C(F)(F)F)C(=O)O. The molecular weight excluding hydrogens is 243 g/mol. The van der Waals surface area contributed by atoms with Gasteiger partial charge in [0.1, 0.15) is 0 Å². The molecular formula is C9H14F3NO4. The lowest BCUT2D eigenvalue weighted by Crippen LogP contribution is -2.45. The molecule has 0 bridgehead atoms. The minimum atomic E-state index is -5.22. The summed E-state index contributed by atoms with van der Waals surface area (Å²) in [6.07, 6.45) is -5.80. The van der Waals surface area contributed by atoms with Crippen LogP contribution in [-0.4, -0.2) is 35.4 Å². The number of carbonyl (C=O) groups excluding carboxylic acids is 1. The fourth-order valence-electron chi connectivity index (χ4n) is 1.09. The number of halogens is 3. The van der Waals surface area contributed by atoms with Crippen molar-refractivity contribution in [2.24, 2.45) is 5.73 Å². The average molecular weight is 257 g/mol. The van der Waals surface area contributed by atoms with E-state index in [2.05, 4.69) is 4.74 Å². The lowest BCUT2D eigenvalue weighted by molar-refractivity contribution is -0.208. The molecule has 0 aliphatic carbocycles. The Morgan fingerprint density at radius 3 is 2.29 bits per heavy atom. The molecule has 8 heteroatoms.